The molecule has 0 spiro atoms. The maximum Gasteiger partial charge on any atom is 0.327 e. The van der Waals surface area contributed by atoms with E-state index in [2.05, 4.69) is 22.8 Å². The zero-order valence-electron chi connectivity index (χ0n) is 11.0. The van der Waals surface area contributed by atoms with E-state index in [0.717, 1.165) is 5.75 Å². The number of rotatable bonds is 6. The summed E-state index contributed by atoms with van der Waals surface area (Å²) in [6.07, 6.45) is 0. The van der Waals surface area contributed by atoms with Gasteiger partial charge >= 0.3 is 5.97 Å². The number of hydrogen-bond acceptors (Lipinski definition) is 4. The summed E-state index contributed by atoms with van der Waals surface area (Å²) in [6, 6.07) is 7.32. The number of thiophene rings is 1. The highest BCUT2D eigenvalue weighted by Crippen LogP contribution is 2.28. The van der Waals surface area contributed by atoms with Crippen LogP contribution in [0.1, 0.15) is 12.5 Å². The number of carboxylic acids is 1. The monoisotopic (exact) mass is 309 g/mol. The fourth-order valence-corrected chi connectivity index (χ4v) is 3.96. The Morgan fingerprint density at radius 2 is 2.15 bits per heavy atom. The summed E-state index contributed by atoms with van der Waals surface area (Å²) in [7, 11) is 0. The molecule has 0 aliphatic heterocycles. The highest BCUT2D eigenvalue weighted by Gasteiger charge is 2.18. The van der Waals surface area contributed by atoms with Crippen molar-refractivity contribution in [3.8, 4) is 0 Å². The Hall–Kier alpha value is -1.53. The first-order valence-corrected chi connectivity index (χ1v) is 8.14. The smallest absolute Gasteiger partial charge is 0.327 e. The van der Waals surface area contributed by atoms with Crippen LogP contribution < -0.4 is 5.32 Å². The number of carbonyl (C=O) groups excluding carboxylic acids is 1. The molecule has 0 saturated carbocycles. The Morgan fingerprint density at radius 1 is 1.40 bits per heavy atom. The van der Waals surface area contributed by atoms with E-state index < -0.39 is 12.0 Å². The summed E-state index contributed by atoms with van der Waals surface area (Å²) in [6.45, 7) is 1.33. The molecule has 1 amide bonds. The van der Waals surface area contributed by atoms with Gasteiger partial charge in [0.25, 0.3) is 0 Å². The molecule has 1 heterocycles. The van der Waals surface area contributed by atoms with Crippen molar-refractivity contribution in [2.24, 2.45) is 0 Å². The molecule has 2 N–H and O–H groups in total. The Balaban J connectivity index is 1.94. The lowest BCUT2D eigenvalue weighted by atomic mass is 10.2. The van der Waals surface area contributed by atoms with Crippen LogP contribution in [0.5, 0.6) is 0 Å². The third kappa shape index (κ3) is 3.74. The molecule has 106 valence electrons. The molecular formula is C14H15NO3S2. The van der Waals surface area contributed by atoms with Crippen molar-refractivity contribution in [2.45, 2.75) is 18.7 Å². The fraction of sp³-hybridized carbons (Fsp3) is 0.286. The Labute approximate surface area is 125 Å². The van der Waals surface area contributed by atoms with Crippen molar-refractivity contribution in [1.29, 1.82) is 0 Å². The van der Waals surface area contributed by atoms with Crippen LogP contribution in [0.25, 0.3) is 10.1 Å². The quantitative estimate of drug-likeness (QED) is 0.861. The van der Waals surface area contributed by atoms with Crippen molar-refractivity contribution >= 4 is 45.1 Å². The molecule has 0 saturated heterocycles. The van der Waals surface area contributed by atoms with E-state index in [9.17, 15) is 9.59 Å². The van der Waals surface area contributed by atoms with E-state index in [1.54, 1.807) is 11.3 Å². The molecule has 0 aliphatic carbocycles. The number of carboxylic acid groups (broad SMARTS) is 1. The molecule has 0 aliphatic rings. The van der Waals surface area contributed by atoms with Crippen molar-refractivity contribution in [1.82, 2.24) is 5.32 Å². The highest BCUT2D eigenvalue weighted by molar-refractivity contribution is 7.98. The number of amides is 1. The first-order chi connectivity index (χ1) is 9.58. The van der Waals surface area contributed by atoms with Gasteiger partial charge < -0.3 is 10.4 Å². The van der Waals surface area contributed by atoms with E-state index in [0.29, 0.717) is 5.75 Å². The molecule has 1 atom stereocenters. The molecule has 4 nitrogen and oxygen atoms in total. The van der Waals surface area contributed by atoms with Crippen LogP contribution in [-0.4, -0.2) is 28.8 Å². The summed E-state index contributed by atoms with van der Waals surface area (Å²) >= 11 is 3.21. The van der Waals surface area contributed by atoms with E-state index in [1.165, 1.54) is 34.3 Å². The molecule has 0 fully saturated rings. The average Bonchev–Trinajstić information content (AvgIpc) is 2.80. The summed E-state index contributed by atoms with van der Waals surface area (Å²) in [5.41, 5.74) is 1.21. The maximum atomic E-state index is 11.0. The summed E-state index contributed by atoms with van der Waals surface area (Å²) in [5, 5.41) is 14.8. The SMILES string of the molecule is CC(=O)NC(CSCc1csc2ccccc12)C(=O)O. The van der Waals surface area contributed by atoms with E-state index >= 15 is 0 Å². The van der Waals surface area contributed by atoms with E-state index in [4.69, 9.17) is 5.11 Å². The number of nitrogens with one attached hydrogen (secondary N) is 1. The van der Waals surface area contributed by atoms with Crippen LogP contribution in [-0.2, 0) is 15.3 Å². The molecule has 2 rings (SSSR count). The first-order valence-electron chi connectivity index (χ1n) is 6.10. The van der Waals surface area contributed by atoms with Crippen molar-refractivity contribution in [3.63, 3.8) is 0 Å². The molecule has 0 bridgehead atoms. The zero-order chi connectivity index (χ0) is 14.5. The third-order valence-electron chi connectivity index (χ3n) is 2.78. The van der Waals surface area contributed by atoms with Crippen LogP contribution in [0.2, 0.25) is 0 Å². The standard InChI is InChI=1S/C14H15NO3S2/c1-9(16)15-12(14(17)18)8-19-6-10-7-20-13-5-3-2-4-11(10)13/h2-5,7,12H,6,8H2,1H3,(H,15,16)(H,17,18). The minimum absolute atomic E-state index is 0.320. The number of thioether (sulfide) groups is 1. The van der Waals surface area contributed by atoms with Gasteiger partial charge in [0.05, 0.1) is 0 Å². The van der Waals surface area contributed by atoms with Gasteiger partial charge in [-0.15, -0.1) is 11.3 Å². The van der Waals surface area contributed by atoms with E-state index in [1.807, 2.05) is 12.1 Å². The number of hydrogen-bond donors (Lipinski definition) is 2. The van der Waals surface area contributed by atoms with Gasteiger partial charge in [0.2, 0.25) is 5.91 Å². The topological polar surface area (TPSA) is 66.4 Å². The predicted molar refractivity (Wildman–Crippen MR) is 83.2 cm³/mol. The van der Waals surface area contributed by atoms with Crippen LogP contribution >= 0.6 is 23.1 Å². The summed E-state index contributed by atoms with van der Waals surface area (Å²) < 4.78 is 1.24. The lowest BCUT2D eigenvalue weighted by Crippen LogP contribution is -2.41. The lowest BCUT2D eigenvalue weighted by molar-refractivity contribution is -0.140. The number of aliphatic carboxylic acids is 1. The molecule has 2 aromatic rings. The second kappa shape index (κ2) is 6.76. The fourth-order valence-electron chi connectivity index (χ4n) is 1.85. The van der Waals surface area contributed by atoms with Gasteiger partial charge in [-0.2, -0.15) is 11.8 Å². The van der Waals surface area contributed by atoms with Gasteiger partial charge in [-0.3, -0.25) is 4.79 Å². The zero-order valence-corrected chi connectivity index (χ0v) is 12.6. The normalized spacial score (nSPS) is 12.2. The second-order valence-corrected chi connectivity index (χ2v) is 6.31. The lowest BCUT2D eigenvalue weighted by Gasteiger charge is -2.12. The van der Waals surface area contributed by atoms with Crippen LogP contribution in [0, 0.1) is 0 Å². The highest BCUT2D eigenvalue weighted by atomic mass is 32.2. The van der Waals surface area contributed by atoms with Gasteiger partial charge in [-0.25, -0.2) is 4.79 Å². The number of fused-ring (bicyclic) bond motifs is 1. The Morgan fingerprint density at radius 3 is 2.85 bits per heavy atom. The molecule has 1 aromatic heterocycles. The van der Waals surface area contributed by atoms with Crippen LogP contribution in [0.15, 0.2) is 29.6 Å². The molecule has 1 aromatic carbocycles. The van der Waals surface area contributed by atoms with Gasteiger partial charge in [0.1, 0.15) is 6.04 Å². The molecule has 1 unspecified atom stereocenters. The maximum absolute atomic E-state index is 11.0. The molecule has 20 heavy (non-hydrogen) atoms. The summed E-state index contributed by atoms with van der Waals surface area (Å²) in [5.74, 6) is -0.214. The second-order valence-electron chi connectivity index (χ2n) is 4.36. The Bertz CT molecular complexity index is 624. The molecular weight excluding hydrogens is 294 g/mol. The van der Waals surface area contributed by atoms with Crippen molar-refractivity contribution < 1.29 is 14.7 Å². The van der Waals surface area contributed by atoms with Crippen LogP contribution in [0.3, 0.4) is 0 Å². The predicted octanol–water partition coefficient (Wildman–Crippen LogP) is 2.72. The third-order valence-corrected chi connectivity index (χ3v) is 4.88. The average molecular weight is 309 g/mol. The minimum atomic E-state index is -0.997. The molecule has 6 heteroatoms. The van der Waals surface area contributed by atoms with Gasteiger partial charge in [-0.1, -0.05) is 18.2 Å². The van der Waals surface area contributed by atoms with Gasteiger partial charge in [0, 0.05) is 23.1 Å². The van der Waals surface area contributed by atoms with Gasteiger partial charge in [0.15, 0.2) is 0 Å². The van der Waals surface area contributed by atoms with E-state index in [-0.39, 0.29) is 5.91 Å². The minimum Gasteiger partial charge on any atom is -0.480 e. The van der Waals surface area contributed by atoms with Crippen molar-refractivity contribution in [2.75, 3.05) is 5.75 Å². The largest absolute Gasteiger partial charge is 0.480 e. The molecule has 0 radical (unpaired) electrons. The summed E-state index contributed by atoms with van der Waals surface area (Å²) in [4.78, 5) is 22.0. The number of benzene rings is 1. The van der Waals surface area contributed by atoms with Crippen LogP contribution in [0.4, 0.5) is 0 Å². The Kier molecular flexibility index (Phi) is 5.03. The van der Waals surface area contributed by atoms with Gasteiger partial charge in [-0.05, 0) is 22.4 Å². The van der Waals surface area contributed by atoms with Crippen molar-refractivity contribution in [3.05, 3.63) is 35.2 Å². The first kappa shape index (κ1) is 14.9. The number of carbonyl (C=O) groups is 2.